The predicted octanol–water partition coefficient (Wildman–Crippen LogP) is 0.687. The molecule has 7 heteroatoms. The molecule has 3 rings (SSSR count). The zero-order valence-electron chi connectivity index (χ0n) is 13.0. The highest BCUT2D eigenvalue weighted by Gasteiger charge is 2.29. The van der Waals surface area contributed by atoms with Gasteiger partial charge in [0.15, 0.2) is 0 Å². The van der Waals surface area contributed by atoms with E-state index in [-0.39, 0.29) is 12.1 Å². The lowest BCUT2D eigenvalue weighted by Crippen LogP contribution is -2.54. The molecule has 7 nitrogen and oxygen atoms in total. The van der Waals surface area contributed by atoms with Crippen LogP contribution in [0.15, 0.2) is 18.3 Å². The van der Waals surface area contributed by atoms with E-state index in [0.717, 1.165) is 45.6 Å². The molecular formula is C15H23N5O2. The molecule has 0 spiro atoms. The maximum atomic E-state index is 12.6. The number of nitrogens with zero attached hydrogens (tertiary/aromatic N) is 5. The topological polar surface area (TPSA) is 61.8 Å². The first-order valence-electron chi connectivity index (χ1n) is 7.89. The number of urea groups is 1. The molecule has 2 aliphatic rings. The number of piperidine rings is 1. The number of likely N-dealkylation sites (N-methyl/N-ethyl adjacent to an activating group) is 1. The summed E-state index contributed by atoms with van der Waals surface area (Å²) in [4.78, 5) is 18.7. The van der Waals surface area contributed by atoms with Crippen LogP contribution in [0.25, 0.3) is 0 Å². The van der Waals surface area contributed by atoms with E-state index >= 15 is 0 Å². The first-order chi connectivity index (χ1) is 10.7. The van der Waals surface area contributed by atoms with Gasteiger partial charge in [0.2, 0.25) is 5.88 Å². The van der Waals surface area contributed by atoms with Gasteiger partial charge in [-0.3, -0.25) is 0 Å². The number of amides is 2. The largest absolute Gasteiger partial charge is 0.471 e. The maximum Gasteiger partial charge on any atom is 0.320 e. The van der Waals surface area contributed by atoms with Crippen LogP contribution in [0.3, 0.4) is 0 Å². The van der Waals surface area contributed by atoms with E-state index in [9.17, 15) is 4.79 Å². The Labute approximate surface area is 130 Å². The fourth-order valence-electron chi connectivity index (χ4n) is 2.93. The molecule has 1 unspecified atom stereocenters. The van der Waals surface area contributed by atoms with Crippen molar-refractivity contribution >= 4 is 6.03 Å². The lowest BCUT2D eigenvalue weighted by atomic mass is 10.1. The summed E-state index contributed by atoms with van der Waals surface area (Å²) < 4.78 is 5.85. The predicted molar refractivity (Wildman–Crippen MR) is 81.7 cm³/mol. The van der Waals surface area contributed by atoms with Gasteiger partial charge in [-0.1, -0.05) is 0 Å². The quantitative estimate of drug-likeness (QED) is 0.804. The Balaban J connectivity index is 1.55. The number of carbonyl (C=O) groups is 1. The van der Waals surface area contributed by atoms with Gasteiger partial charge >= 0.3 is 6.03 Å². The number of carbonyl (C=O) groups excluding carboxylic acids is 1. The summed E-state index contributed by atoms with van der Waals surface area (Å²) in [7, 11) is 2.09. The molecule has 0 aliphatic carbocycles. The number of hydrogen-bond donors (Lipinski definition) is 0. The van der Waals surface area contributed by atoms with E-state index in [0.29, 0.717) is 12.4 Å². The average Bonchev–Trinajstić information content (AvgIpc) is 2.56. The van der Waals surface area contributed by atoms with Crippen molar-refractivity contribution in [3.63, 3.8) is 0 Å². The Hall–Kier alpha value is -1.89. The lowest BCUT2D eigenvalue weighted by Gasteiger charge is -2.39. The van der Waals surface area contributed by atoms with Crippen molar-refractivity contribution in [2.75, 3.05) is 46.3 Å². The molecular weight excluding hydrogens is 282 g/mol. The Morgan fingerprint density at radius 1 is 1.23 bits per heavy atom. The zero-order valence-corrected chi connectivity index (χ0v) is 13.0. The minimum Gasteiger partial charge on any atom is -0.471 e. The summed E-state index contributed by atoms with van der Waals surface area (Å²) in [5.41, 5.74) is 0. The van der Waals surface area contributed by atoms with Crippen molar-refractivity contribution in [3.8, 4) is 5.88 Å². The third-order valence-corrected chi connectivity index (χ3v) is 4.26. The lowest BCUT2D eigenvalue weighted by molar-refractivity contribution is 0.0726. The summed E-state index contributed by atoms with van der Waals surface area (Å²) in [6, 6.07) is 3.74. The second-order valence-corrected chi connectivity index (χ2v) is 5.96. The third-order valence-electron chi connectivity index (χ3n) is 4.26. The molecule has 1 aromatic rings. The van der Waals surface area contributed by atoms with Gasteiger partial charge in [-0.05, 0) is 26.0 Å². The van der Waals surface area contributed by atoms with Crippen molar-refractivity contribution in [1.29, 1.82) is 0 Å². The summed E-state index contributed by atoms with van der Waals surface area (Å²) in [6.07, 6.45) is 3.53. The molecule has 2 fully saturated rings. The van der Waals surface area contributed by atoms with Crippen molar-refractivity contribution in [1.82, 2.24) is 24.9 Å². The van der Waals surface area contributed by atoms with Crippen LogP contribution in [-0.4, -0.2) is 83.3 Å². The van der Waals surface area contributed by atoms with Crippen LogP contribution in [-0.2, 0) is 0 Å². The Morgan fingerprint density at radius 2 is 2.05 bits per heavy atom. The molecule has 120 valence electrons. The standard InChI is InChI=1S/C15H23N5O2/c1-18-8-10-19(11-9-18)15(21)20-7-3-4-13(12-20)22-14-5-2-6-16-17-14/h2,5-6,13H,3-4,7-12H2,1H3. The van der Waals surface area contributed by atoms with E-state index in [1.54, 1.807) is 18.3 Å². The fraction of sp³-hybridized carbons (Fsp3) is 0.667. The summed E-state index contributed by atoms with van der Waals surface area (Å²) >= 11 is 0. The van der Waals surface area contributed by atoms with Crippen LogP contribution in [0.5, 0.6) is 5.88 Å². The SMILES string of the molecule is CN1CCN(C(=O)N2CCCC(Oc3cccnn3)C2)CC1. The summed E-state index contributed by atoms with van der Waals surface area (Å²) in [5, 5.41) is 7.77. The number of rotatable bonds is 2. The number of hydrogen-bond acceptors (Lipinski definition) is 5. The first kappa shape index (κ1) is 15.0. The van der Waals surface area contributed by atoms with Crippen molar-refractivity contribution in [3.05, 3.63) is 18.3 Å². The molecule has 2 amide bonds. The zero-order chi connectivity index (χ0) is 15.4. The first-order valence-corrected chi connectivity index (χ1v) is 7.89. The van der Waals surface area contributed by atoms with Gasteiger partial charge in [0.05, 0.1) is 6.54 Å². The second kappa shape index (κ2) is 6.91. The molecule has 1 atom stereocenters. The number of piperazine rings is 1. The summed E-state index contributed by atoms with van der Waals surface area (Å²) in [6.45, 7) is 4.94. The Morgan fingerprint density at radius 3 is 2.77 bits per heavy atom. The van der Waals surface area contributed by atoms with Crippen LogP contribution < -0.4 is 4.74 Å². The number of likely N-dealkylation sites (tertiary alicyclic amines) is 1. The molecule has 0 saturated carbocycles. The van der Waals surface area contributed by atoms with Gasteiger partial charge in [-0.25, -0.2) is 4.79 Å². The maximum absolute atomic E-state index is 12.6. The van der Waals surface area contributed by atoms with E-state index in [4.69, 9.17) is 4.74 Å². The highest BCUT2D eigenvalue weighted by atomic mass is 16.5. The normalized spacial score (nSPS) is 23.4. The smallest absolute Gasteiger partial charge is 0.320 e. The fourth-order valence-corrected chi connectivity index (χ4v) is 2.93. The number of ether oxygens (including phenoxy) is 1. The van der Waals surface area contributed by atoms with Gasteiger partial charge in [-0.2, -0.15) is 5.10 Å². The molecule has 2 saturated heterocycles. The van der Waals surface area contributed by atoms with Gasteiger partial charge < -0.3 is 19.4 Å². The van der Waals surface area contributed by atoms with Gasteiger partial charge in [0.25, 0.3) is 0 Å². The Kier molecular flexibility index (Phi) is 4.72. The molecule has 0 N–H and O–H groups in total. The monoisotopic (exact) mass is 305 g/mol. The van der Waals surface area contributed by atoms with E-state index in [1.807, 2.05) is 9.80 Å². The van der Waals surface area contributed by atoms with Crippen molar-refractivity contribution in [2.45, 2.75) is 18.9 Å². The second-order valence-electron chi connectivity index (χ2n) is 5.96. The summed E-state index contributed by atoms with van der Waals surface area (Å²) in [5.74, 6) is 0.529. The van der Waals surface area contributed by atoms with Crippen LogP contribution >= 0.6 is 0 Å². The van der Waals surface area contributed by atoms with Crippen LogP contribution in [0.2, 0.25) is 0 Å². The highest BCUT2D eigenvalue weighted by Crippen LogP contribution is 2.17. The molecule has 0 aromatic carbocycles. The average molecular weight is 305 g/mol. The van der Waals surface area contributed by atoms with Gasteiger partial charge in [-0.15, -0.1) is 5.10 Å². The molecule has 0 radical (unpaired) electrons. The molecule has 22 heavy (non-hydrogen) atoms. The minimum atomic E-state index is 0.00173. The minimum absolute atomic E-state index is 0.00173. The Bertz CT molecular complexity index is 490. The van der Waals surface area contributed by atoms with E-state index in [1.165, 1.54) is 0 Å². The van der Waals surface area contributed by atoms with Crippen LogP contribution in [0, 0.1) is 0 Å². The van der Waals surface area contributed by atoms with E-state index in [2.05, 4.69) is 22.1 Å². The van der Waals surface area contributed by atoms with Gasteiger partial charge in [0.1, 0.15) is 6.10 Å². The van der Waals surface area contributed by atoms with E-state index < -0.39 is 0 Å². The molecule has 2 aliphatic heterocycles. The molecule has 3 heterocycles. The van der Waals surface area contributed by atoms with Crippen LogP contribution in [0.4, 0.5) is 4.79 Å². The third kappa shape index (κ3) is 3.65. The molecule has 0 bridgehead atoms. The van der Waals surface area contributed by atoms with Crippen molar-refractivity contribution < 1.29 is 9.53 Å². The van der Waals surface area contributed by atoms with Crippen molar-refractivity contribution in [2.24, 2.45) is 0 Å². The highest BCUT2D eigenvalue weighted by molar-refractivity contribution is 5.74. The van der Waals surface area contributed by atoms with Gasteiger partial charge in [0, 0.05) is 45.0 Å². The van der Waals surface area contributed by atoms with Crippen LogP contribution in [0.1, 0.15) is 12.8 Å². The molecule has 1 aromatic heterocycles. The number of aromatic nitrogens is 2.